The second-order valence-electron chi connectivity index (χ2n) is 6.23. The number of phenolic OH excluding ortho intramolecular Hbond substituents is 1. The quantitative estimate of drug-likeness (QED) is 0.338. The molecule has 0 fully saturated rings. The van der Waals surface area contributed by atoms with E-state index < -0.39 is 5.91 Å². The lowest BCUT2D eigenvalue weighted by Gasteiger charge is -2.13. The average molecular weight is 439 g/mol. The average Bonchev–Trinajstić information content (AvgIpc) is 2.92. The molecular formula is C19H16Cl2N2O2S2. The molecule has 0 unspecified atom stereocenters. The molecule has 8 heteroatoms. The van der Waals surface area contributed by atoms with Crippen molar-refractivity contribution >= 4 is 73.5 Å². The number of halogens is 2. The van der Waals surface area contributed by atoms with Crippen LogP contribution >= 0.6 is 46.8 Å². The number of anilines is 1. The molecule has 0 aliphatic heterocycles. The number of thiocarbonyl (C=S) groups is 1. The van der Waals surface area contributed by atoms with Crippen molar-refractivity contribution in [3.05, 3.63) is 56.9 Å². The lowest BCUT2D eigenvalue weighted by Crippen LogP contribution is -2.33. The number of phenols is 1. The molecule has 0 bridgehead atoms. The Bertz CT molecular complexity index is 1050. The molecule has 3 rings (SSSR count). The van der Waals surface area contributed by atoms with E-state index in [4.69, 9.17) is 35.4 Å². The molecule has 0 saturated carbocycles. The summed E-state index contributed by atoms with van der Waals surface area (Å²) in [4.78, 5) is 12.9. The van der Waals surface area contributed by atoms with Crippen molar-refractivity contribution in [3.8, 4) is 5.75 Å². The number of benzene rings is 2. The van der Waals surface area contributed by atoms with Gasteiger partial charge in [0, 0.05) is 15.1 Å². The molecule has 1 heterocycles. The minimum Gasteiger partial charge on any atom is -0.506 e. The van der Waals surface area contributed by atoms with Gasteiger partial charge in [-0.15, -0.1) is 11.3 Å². The Labute approximate surface area is 176 Å². The van der Waals surface area contributed by atoms with Crippen molar-refractivity contribution in [3.63, 3.8) is 0 Å². The molecule has 1 aromatic heterocycles. The zero-order valence-electron chi connectivity index (χ0n) is 14.5. The van der Waals surface area contributed by atoms with Gasteiger partial charge in [-0.3, -0.25) is 10.1 Å². The Morgan fingerprint density at radius 3 is 2.63 bits per heavy atom. The number of nitrogens with one attached hydrogen (secondary N) is 2. The summed E-state index contributed by atoms with van der Waals surface area (Å²) in [5.74, 6) is -0.0849. The first-order chi connectivity index (χ1) is 12.8. The number of hydrogen-bond donors (Lipinski definition) is 3. The van der Waals surface area contributed by atoms with E-state index in [1.165, 1.54) is 11.3 Å². The first-order valence-electron chi connectivity index (χ1n) is 8.09. The highest BCUT2D eigenvalue weighted by Crippen LogP contribution is 2.36. The van der Waals surface area contributed by atoms with Crippen LogP contribution < -0.4 is 10.6 Å². The van der Waals surface area contributed by atoms with Crippen LogP contribution in [0.4, 0.5) is 5.69 Å². The van der Waals surface area contributed by atoms with Gasteiger partial charge in [-0.05, 0) is 48.0 Å². The molecule has 0 radical (unpaired) electrons. The zero-order chi connectivity index (χ0) is 19.7. The monoisotopic (exact) mass is 438 g/mol. The first kappa shape index (κ1) is 19.9. The number of aromatic hydroxyl groups is 1. The van der Waals surface area contributed by atoms with Gasteiger partial charge in [0.15, 0.2) is 5.11 Å². The second kappa shape index (κ2) is 8.02. The van der Waals surface area contributed by atoms with Gasteiger partial charge in [0.1, 0.15) is 10.6 Å². The number of fused-ring (bicyclic) bond motifs is 1. The van der Waals surface area contributed by atoms with E-state index >= 15 is 0 Å². The fourth-order valence-electron chi connectivity index (χ4n) is 2.51. The van der Waals surface area contributed by atoms with Crippen LogP contribution in [0.2, 0.25) is 10.0 Å². The Morgan fingerprint density at radius 2 is 1.93 bits per heavy atom. The van der Waals surface area contributed by atoms with Gasteiger partial charge in [-0.2, -0.15) is 0 Å². The Balaban J connectivity index is 1.78. The molecular weight excluding hydrogens is 423 g/mol. The number of amides is 1. The van der Waals surface area contributed by atoms with Crippen LogP contribution in [0.3, 0.4) is 0 Å². The maximum Gasteiger partial charge on any atom is 0.269 e. The smallest absolute Gasteiger partial charge is 0.269 e. The van der Waals surface area contributed by atoms with Crippen molar-refractivity contribution in [2.24, 2.45) is 0 Å². The standard InChI is InChI=1S/C19H16Cl2N2O2S2/c1-9(2)10-3-6-14(24)13(7-10)22-19(26)23-18(25)17-16(21)12-5-4-11(20)8-15(12)27-17/h3-9,24H,1-2H3,(H2,22,23,25,26). The lowest BCUT2D eigenvalue weighted by atomic mass is 10.0. The molecule has 2 aromatic carbocycles. The molecule has 0 aliphatic carbocycles. The third-order valence-electron chi connectivity index (χ3n) is 3.96. The second-order valence-corrected chi connectivity index (χ2v) is 8.50. The normalized spacial score (nSPS) is 11.0. The van der Waals surface area contributed by atoms with Crippen LogP contribution in [0.25, 0.3) is 10.1 Å². The number of carbonyl (C=O) groups excluding carboxylic acids is 1. The van der Waals surface area contributed by atoms with Gasteiger partial charge in [0.25, 0.3) is 5.91 Å². The number of rotatable bonds is 3. The van der Waals surface area contributed by atoms with E-state index in [1.54, 1.807) is 30.3 Å². The largest absolute Gasteiger partial charge is 0.506 e. The van der Waals surface area contributed by atoms with Crippen molar-refractivity contribution in [2.45, 2.75) is 19.8 Å². The van der Waals surface area contributed by atoms with E-state index in [0.29, 0.717) is 26.5 Å². The summed E-state index contributed by atoms with van der Waals surface area (Å²) < 4.78 is 0.818. The number of hydrogen-bond acceptors (Lipinski definition) is 4. The summed E-state index contributed by atoms with van der Waals surface area (Å²) in [7, 11) is 0. The summed E-state index contributed by atoms with van der Waals surface area (Å²) >= 11 is 18.8. The molecule has 27 heavy (non-hydrogen) atoms. The van der Waals surface area contributed by atoms with E-state index in [1.807, 2.05) is 19.9 Å². The van der Waals surface area contributed by atoms with Gasteiger partial charge in [0.2, 0.25) is 0 Å². The highest BCUT2D eigenvalue weighted by molar-refractivity contribution is 7.80. The van der Waals surface area contributed by atoms with Crippen molar-refractivity contribution in [2.75, 3.05) is 5.32 Å². The first-order valence-corrected chi connectivity index (χ1v) is 10.1. The van der Waals surface area contributed by atoms with Gasteiger partial charge in [-0.1, -0.05) is 49.2 Å². The Morgan fingerprint density at radius 1 is 1.19 bits per heavy atom. The fraction of sp³-hybridized carbons (Fsp3) is 0.158. The highest BCUT2D eigenvalue weighted by Gasteiger charge is 2.18. The highest BCUT2D eigenvalue weighted by atomic mass is 35.5. The maximum atomic E-state index is 12.6. The predicted octanol–water partition coefficient (Wildman–Crippen LogP) is 6.16. The minimum atomic E-state index is -0.422. The number of thiophene rings is 1. The predicted molar refractivity (Wildman–Crippen MR) is 118 cm³/mol. The molecule has 0 atom stereocenters. The fourth-order valence-corrected chi connectivity index (χ4v) is 4.40. The summed E-state index contributed by atoms with van der Waals surface area (Å²) in [6.07, 6.45) is 0. The minimum absolute atomic E-state index is 0.0468. The van der Waals surface area contributed by atoms with Crippen molar-refractivity contribution in [1.29, 1.82) is 0 Å². The van der Waals surface area contributed by atoms with E-state index in [0.717, 1.165) is 15.6 Å². The third-order valence-corrected chi connectivity index (χ3v) is 6.06. The molecule has 3 N–H and O–H groups in total. The van der Waals surface area contributed by atoms with Crippen LogP contribution in [-0.2, 0) is 0 Å². The maximum absolute atomic E-state index is 12.6. The van der Waals surface area contributed by atoms with Gasteiger partial charge in [0.05, 0.1) is 10.7 Å². The topological polar surface area (TPSA) is 61.4 Å². The molecule has 140 valence electrons. The van der Waals surface area contributed by atoms with Crippen LogP contribution in [-0.4, -0.2) is 16.1 Å². The molecule has 4 nitrogen and oxygen atoms in total. The SMILES string of the molecule is CC(C)c1ccc(O)c(NC(=S)NC(=O)c2sc3cc(Cl)ccc3c2Cl)c1. The van der Waals surface area contributed by atoms with Crippen LogP contribution in [0.5, 0.6) is 5.75 Å². The van der Waals surface area contributed by atoms with Gasteiger partial charge < -0.3 is 10.4 Å². The van der Waals surface area contributed by atoms with Crippen molar-refractivity contribution < 1.29 is 9.90 Å². The van der Waals surface area contributed by atoms with Gasteiger partial charge in [-0.25, -0.2) is 0 Å². The Hall–Kier alpha value is -1.86. The van der Waals surface area contributed by atoms with E-state index in [9.17, 15) is 9.90 Å². The summed E-state index contributed by atoms with van der Waals surface area (Å²) in [6.45, 7) is 4.10. The molecule has 3 aromatic rings. The lowest BCUT2D eigenvalue weighted by molar-refractivity contribution is 0.0982. The zero-order valence-corrected chi connectivity index (χ0v) is 17.6. The summed E-state index contributed by atoms with van der Waals surface area (Å²) in [6, 6.07) is 10.5. The van der Waals surface area contributed by atoms with Crippen LogP contribution in [0, 0.1) is 0 Å². The van der Waals surface area contributed by atoms with Crippen LogP contribution in [0.15, 0.2) is 36.4 Å². The number of carbonyl (C=O) groups is 1. The van der Waals surface area contributed by atoms with E-state index in [-0.39, 0.29) is 10.9 Å². The summed E-state index contributed by atoms with van der Waals surface area (Å²) in [5, 5.41) is 17.2. The van der Waals surface area contributed by atoms with Crippen molar-refractivity contribution in [1.82, 2.24) is 5.32 Å². The van der Waals surface area contributed by atoms with Gasteiger partial charge >= 0.3 is 0 Å². The molecule has 0 spiro atoms. The van der Waals surface area contributed by atoms with E-state index in [2.05, 4.69) is 10.6 Å². The molecule has 1 amide bonds. The van der Waals surface area contributed by atoms with Crippen LogP contribution in [0.1, 0.15) is 35.0 Å². The third kappa shape index (κ3) is 4.35. The summed E-state index contributed by atoms with van der Waals surface area (Å²) in [5.41, 5.74) is 1.47. The molecule has 0 saturated heterocycles. The Kier molecular flexibility index (Phi) is 5.91. The molecule has 0 aliphatic rings.